The molecule has 0 radical (unpaired) electrons. The van der Waals surface area contributed by atoms with Crippen molar-refractivity contribution in [1.29, 1.82) is 5.26 Å². The number of benzene rings is 1. The number of pyridine rings is 1. The molecule has 1 atom stereocenters. The normalized spacial score (nSPS) is 14.8. The molecule has 5 N–H and O–H groups in total. The van der Waals surface area contributed by atoms with Crippen molar-refractivity contribution < 1.29 is 9.00 Å². The quantitative estimate of drug-likeness (QED) is 0.314. The molecule has 1 aromatic carbocycles. The van der Waals surface area contributed by atoms with Gasteiger partial charge in [-0.05, 0) is 56.8 Å². The number of anilines is 1. The predicted molar refractivity (Wildman–Crippen MR) is 143 cm³/mol. The lowest BCUT2D eigenvalue weighted by atomic mass is 9.95. The molecular weight excluding hydrogens is 478 g/mol. The second-order valence-corrected chi connectivity index (χ2v) is 10.2. The first kappa shape index (κ1) is 28.7. The van der Waals surface area contributed by atoms with Crippen molar-refractivity contribution in [2.45, 2.75) is 63.4 Å². The van der Waals surface area contributed by atoms with Crippen LogP contribution >= 0.6 is 0 Å². The van der Waals surface area contributed by atoms with E-state index in [1.54, 1.807) is 54.9 Å². The molecule has 3 rings (SSSR count). The van der Waals surface area contributed by atoms with E-state index >= 15 is 0 Å². The fraction of sp³-hybridized carbons (Fsp3) is 0.440. The number of hydrogen-bond acceptors (Lipinski definition) is 6. The van der Waals surface area contributed by atoms with Crippen molar-refractivity contribution in [3.8, 4) is 6.07 Å². The molecule has 1 fully saturated rings. The summed E-state index contributed by atoms with van der Waals surface area (Å²) in [6.07, 6.45) is 7.27. The number of amides is 1. The smallest absolute Gasteiger partial charge is 0.261 e. The summed E-state index contributed by atoms with van der Waals surface area (Å²) in [5.41, 5.74) is 8.11. The number of amidine groups is 1. The molecule has 10 nitrogen and oxygen atoms in total. The number of nitrogens with two attached hydrogens (primary N) is 1. The number of nitriles is 1. The second-order valence-electron chi connectivity index (χ2n) is 8.56. The van der Waals surface area contributed by atoms with Gasteiger partial charge >= 0.3 is 0 Å². The number of aliphatic imine (C=N–C) groups is 1. The molecule has 0 spiro atoms. The zero-order valence-corrected chi connectivity index (χ0v) is 22.1. The van der Waals surface area contributed by atoms with Gasteiger partial charge in [-0.2, -0.15) is 5.26 Å². The standard InChI is InChI=1S/C23H32N6O3S.C2H3N/c1-15(30)26-14-16-13-18(9-10-20(16)33(32)29(2)3)28-22(24)21-19(11-12-25-23(21)31)27-17-7-5-4-6-8-17;1-2-3/h9-13,17H,4-8,14H2,1-3H3,(H2,24,28)(H,26,30)(H2,25,27,31);1H3. The highest BCUT2D eigenvalue weighted by Crippen LogP contribution is 2.25. The third-order valence-electron chi connectivity index (χ3n) is 5.52. The van der Waals surface area contributed by atoms with Gasteiger partial charge in [-0.15, -0.1) is 0 Å². The summed E-state index contributed by atoms with van der Waals surface area (Å²) < 4.78 is 14.2. The Kier molecular flexibility index (Phi) is 11.3. The van der Waals surface area contributed by atoms with E-state index in [2.05, 4.69) is 20.6 Å². The minimum Gasteiger partial charge on any atom is -0.383 e. The molecule has 0 aliphatic heterocycles. The molecule has 194 valence electrons. The number of carbonyl (C=O) groups excluding carboxylic acids is 1. The number of aromatic nitrogens is 1. The van der Waals surface area contributed by atoms with E-state index in [1.807, 2.05) is 0 Å². The maximum Gasteiger partial charge on any atom is 0.261 e. The van der Waals surface area contributed by atoms with Crippen molar-refractivity contribution in [1.82, 2.24) is 14.6 Å². The van der Waals surface area contributed by atoms with Crippen LogP contribution in [0.25, 0.3) is 0 Å². The molecule has 1 aliphatic carbocycles. The summed E-state index contributed by atoms with van der Waals surface area (Å²) in [6, 6.07) is 8.99. The monoisotopic (exact) mass is 513 g/mol. The molecule has 1 aromatic heterocycles. The Hall–Kier alpha value is -3.49. The van der Waals surface area contributed by atoms with Crippen LogP contribution < -0.4 is 21.9 Å². The highest BCUT2D eigenvalue weighted by Gasteiger charge is 2.18. The predicted octanol–water partition coefficient (Wildman–Crippen LogP) is 2.91. The van der Waals surface area contributed by atoms with Gasteiger partial charge in [0, 0.05) is 32.6 Å². The Labute approximate surface area is 214 Å². The van der Waals surface area contributed by atoms with Crippen LogP contribution in [0.5, 0.6) is 0 Å². The Morgan fingerprint density at radius 1 is 1.28 bits per heavy atom. The highest BCUT2D eigenvalue weighted by atomic mass is 32.2. The van der Waals surface area contributed by atoms with Crippen LogP contribution in [-0.2, 0) is 22.3 Å². The van der Waals surface area contributed by atoms with Crippen LogP contribution in [0, 0.1) is 11.3 Å². The summed E-state index contributed by atoms with van der Waals surface area (Å²) in [5.74, 6) is -0.110. The first-order valence-electron chi connectivity index (χ1n) is 11.8. The molecule has 0 saturated heterocycles. The molecule has 0 bridgehead atoms. The summed E-state index contributed by atoms with van der Waals surface area (Å²) in [7, 11) is 2.03. The van der Waals surface area contributed by atoms with E-state index < -0.39 is 11.0 Å². The number of H-pyrrole nitrogens is 1. The maximum atomic E-state index is 12.7. The Bertz CT molecular complexity index is 1190. The number of nitrogens with one attached hydrogen (secondary N) is 3. The molecule has 1 aliphatic rings. The van der Waals surface area contributed by atoms with Crippen molar-refractivity contribution in [2.24, 2.45) is 10.7 Å². The first-order chi connectivity index (χ1) is 17.2. The molecule has 1 amide bonds. The Morgan fingerprint density at radius 3 is 2.56 bits per heavy atom. The van der Waals surface area contributed by atoms with E-state index in [9.17, 15) is 13.8 Å². The molecule has 2 aromatic rings. The first-order valence-corrected chi connectivity index (χ1v) is 12.9. The van der Waals surface area contributed by atoms with Crippen LogP contribution in [0.1, 0.15) is 57.1 Å². The number of rotatable bonds is 8. The fourth-order valence-electron chi connectivity index (χ4n) is 3.88. The third-order valence-corrected chi connectivity index (χ3v) is 6.96. The van der Waals surface area contributed by atoms with Crippen molar-refractivity contribution in [3.05, 3.63) is 51.9 Å². The van der Waals surface area contributed by atoms with Gasteiger partial charge in [0.15, 0.2) is 0 Å². The molecule has 1 heterocycles. The van der Waals surface area contributed by atoms with Crippen molar-refractivity contribution in [2.75, 3.05) is 19.4 Å². The molecule has 11 heteroatoms. The zero-order chi connectivity index (χ0) is 26.7. The minimum atomic E-state index is -1.39. The Balaban J connectivity index is 0.00000145. The summed E-state index contributed by atoms with van der Waals surface area (Å²) in [5, 5.41) is 13.5. The van der Waals surface area contributed by atoms with Gasteiger partial charge in [0.2, 0.25) is 5.91 Å². The summed E-state index contributed by atoms with van der Waals surface area (Å²) in [4.78, 5) is 31.8. The maximum absolute atomic E-state index is 12.7. The number of nitrogens with zero attached hydrogens (tertiary/aromatic N) is 3. The largest absolute Gasteiger partial charge is 0.383 e. The van der Waals surface area contributed by atoms with E-state index in [-0.39, 0.29) is 23.8 Å². The molecular formula is C25H35N7O3S. The summed E-state index contributed by atoms with van der Waals surface area (Å²) in [6.45, 7) is 3.05. The lowest BCUT2D eigenvalue weighted by Gasteiger charge is -2.24. The van der Waals surface area contributed by atoms with E-state index in [4.69, 9.17) is 11.0 Å². The average Bonchev–Trinajstić information content (AvgIpc) is 2.83. The van der Waals surface area contributed by atoms with Crippen LogP contribution in [-0.4, -0.2) is 45.4 Å². The van der Waals surface area contributed by atoms with Gasteiger partial charge in [0.05, 0.1) is 22.3 Å². The van der Waals surface area contributed by atoms with E-state index in [0.29, 0.717) is 33.4 Å². The summed E-state index contributed by atoms with van der Waals surface area (Å²) >= 11 is 0. The SMILES string of the molecule is CC#N.CC(=O)NCc1cc(N=C(N)c2c(NC3CCCCC3)cc[nH]c2=O)ccc1S(=O)N(C)C. The molecule has 36 heavy (non-hydrogen) atoms. The lowest BCUT2D eigenvalue weighted by molar-refractivity contribution is -0.119. The average molecular weight is 514 g/mol. The fourth-order valence-corrected chi connectivity index (χ4v) is 4.81. The lowest BCUT2D eigenvalue weighted by Crippen LogP contribution is -2.29. The number of hydrogen-bond donors (Lipinski definition) is 4. The van der Waals surface area contributed by atoms with Gasteiger partial charge in [-0.3, -0.25) is 9.59 Å². The highest BCUT2D eigenvalue weighted by molar-refractivity contribution is 7.82. The topological polar surface area (TPSA) is 156 Å². The number of carbonyl (C=O) groups is 1. The Morgan fingerprint density at radius 2 is 1.94 bits per heavy atom. The van der Waals surface area contributed by atoms with Crippen LogP contribution in [0.4, 0.5) is 11.4 Å². The van der Waals surface area contributed by atoms with Gasteiger partial charge in [0.25, 0.3) is 5.56 Å². The zero-order valence-electron chi connectivity index (χ0n) is 21.3. The van der Waals surface area contributed by atoms with Gasteiger partial charge in [0.1, 0.15) is 22.4 Å². The van der Waals surface area contributed by atoms with Crippen molar-refractivity contribution >= 4 is 34.1 Å². The molecule has 1 unspecified atom stereocenters. The minimum absolute atomic E-state index is 0.0853. The van der Waals surface area contributed by atoms with Crippen LogP contribution in [0.3, 0.4) is 0 Å². The van der Waals surface area contributed by atoms with Gasteiger partial charge in [-0.1, -0.05) is 19.3 Å². The van der Waals surface area contributed by atoms with Gasteiger partial charge < -0.3 is 21.4 Å². The van der Waals surface area contributed by atoms with Crippen LogP contribution in [0.2, 0.25) is 0 Å². The van der Waals surface area contributed by atoms with E-state index in [1.165, 1.54) is 20.3 Å². The van der Waals surface area contributed by atoms with Crippen LogP contribution in [0.15, 0.2) is 45.1 Å². The van der Waals surface area contributed by atoms with Gasteiger partial charge in [-0.25, -0.2) is 13.5 Å². The second kappa shape index (κ2) is 14.2. The molecule has 1 saturated carbocycles. The number of aromatic amines is 1. The van der Waals surface area contributed by atoms with Crippen molar-refractivity contribution in [3.63, 3.8) is 0 Å². The van der Waals surface area contributed by atoms with E-state index in [0.717, 1.165) is 25.7 Å². The third kappa shape index (κ3) is 8.32.